The molecule has 98 valence electrons. The van der Waals surface area contributed by atoms with Crippen molar-refractivity contribution in [2.75, 3.05) is 37.0 Å². The lowest BCUT2D eigenvalue weighted by Gasteiger charge is -2.20. The minimum absolute atomic E-state index is 0.00416. The average molecular weight is 249 g/mol. The van der Waals surface area contributed by atoms with Crippen LogP contribution in [-0.4, -0.2) is 32.7 Å². The van der Waals surface area contributed by atoms with Crippen molar-refractivity contribution in [1.82, 2.24) is 0 Å². The van der Waals surface area contributed by atoms with Crippen molar-refractivity contribution >= 4 is 17.3 Å². The first kappa shape index (κ1) is 12.7. The van der Waals surface area contributed by atoms with Gasteiger partial charge in [0.15, 0.2) is 0 Å². The lowest BCUT2D eigenvalue weighted by Crippen LogP contribution is -2.21. The monoisotopic (exact) mass is 249 g/mol. The van der Waals surface area contributed by atoms with Crippen molar-refractivity contribution in [2.24, 2.45) is 5.73 Å². The maximum atomic E-state index is 11.5. The second-order valence-electron chi connectivity index (χ2n) is 4.39. The Balaban J connectivity index is 2.17. The Morgan fingerprint density at radius 3 is 3.11 bits per heavy atom. The first-order chi connectivity index (χ1) is 8.70. The molecule has 0 saturated heterocycles. The Kier molecular flexibility index (Phi) is 4.04. The second kappa shape index (κ2) is 5.73. The van der Waals surface area contributed by atoms with Gasteiger partial charge in [-0.25, -0.2) is 0 Å². The Morgan fingerprint density at radius 2 is 2.33 bits per heavy atom. The summed E-state index contributed by atoms with van der Waals surface area (Å²) in [5.41, 5.74) is 7.29. The third-order valence-corrected chi connectivity index (χ3v) is 2.96. The molecule has 5 nitrogen and oxygen atoms in total. The summed E-state index contributed by atoms with van der Waals surface area (Å²) in [6.45, 7) is 2.00. The van der Waals surface area contributed by atoms with Gasteiger partial charge in [0, 0.05) is 19.3 Å². The van der Waals surface area contributed by atoms with E-state index in [0.717, 1.165) is 30.1 Å². The lowest BCUT2D eigenvalue weighted by atomic mass is 10.2. The molecular formula is C13H19N3O2. The summed E-state index contributed by atoms with van der Waals surface area (Å²) in [7, 11) is 2.01. The number of amides is 1. The molecule has 0 fully saturated rings. The number of nitrogens with zero attached hydrogens (tertiary/aromatic N) is 1. The zero-order valence-electron chi connectivity index (χ0n) is 10.6. The molecule has 1 aromatic carbocycles. The van der Waals surface area contributed by atoms with Crippen molar-refractivity contribution in [3.05, 3.63) is 18.2 Å². The highest BCUT2D eigenvalue weighted by Gasteiger charge is 2.14. The van der Waals surface area contributed by atoms with Gasteiger partial charge in [0.05, 0.1) is 18.7 Å². The third kappa shape index (κ3) is 2.92. The van der Waals surface area contributed by atoms with E-state index in [1.165, 1.54) is 0 Å². The average Bonchev–Trinajstić information content (AvgIpc) is 2.55. The van der Waals surface area contributed by atoms with E-state index in [1.54, 1.807) is 0 Å². The van der Waals surface area contributed by atoms with Crippen molar-refractivity contribution in [3.63, 3.8) is 0 Å². The van der Waals surface area contributed by atoms with Gasteiger partial charge in [-0.1, -0.05) is 0 Å². The number of nitrogens with two attached hydrogens (primary N) is 1. The largest absolute Gasteiger partial charge is 0.491 e. The molecule has 0 atom stereocenters. The molecule has 1 aliphatic heterocycles. The van der Waals surface area contributed by atoms with Gasteiger partial charge < -0.3 is 20.7 Å². The fourth-order valence-corrected chi connectivity index (χ4v) is 1.90. The van der Waals surface area contributed by atoms with Crippen LogP contribution in [0.2, 0.25) is 0 Å². The number of carbonyl (C=O) groups excluding carboxylic acids is 1. The molecule has 1 aliphatic rings. The van der Waals surface area contributed by atoms with Crippen molar-refractivity contribution in [3.8, 4) is 5.75 Å². The highest BCUT2D eigenvalue weighted by Crippen LogP contribution is 2.31. The van der Waals surface area contributed by atoms with Gasteiger partial charge >= 0.3 is 0 Å². The molecule has 5 heteroatoms. The Morgan fingerprint density at radius 1 is 1.50 bits per heavy atom. The van der Waals surface area contributed by atoms with E-state index in [2.05, 4.69) is 10.2 Å². The van der Waals surface area contributed by atoms with Crippen LogP contribution in [0.5, 0.6) is 5.75 Å². The number of nitrogens with one attached hydrogen (secondary N) is 1. The molecule has 0 spiro atoms. The summed E-state index contributed by atoms with van der Waals surface area (Å²) < 4.78 is 5.51. The summed E-state index contributed by atoms with van der Waals surface area (Å²) in [5, 5.41) is 2.86. The van der Waals surface area contributed by atoms with Crippen LogP contribution in [0.15, 0.2) is 18.2 Å². The van der Waals surface area contributed by atoms with Gasteiger partial charge in [-0.05, 0) is 31.2 Å². The van der Waals surface area contributed by atoms with Gasteiger partial charge in [-0.3, -0.25) is 4.79 Å². The molecule has 0 radical (unpaired) electrons. The van der Waals surface area contributed by atoms with E-state index >= 15 is 0 Å². The Labute approximate surface area is 107 Å². The van der Waals surface area contributed by atoms with Crippen LogP contribution >= 0.6 is 0 Å². The molecule has 1 amide bonds. The molecule has 18 heavy (non-hydrogen) atoms. The van der Waals surface area contributed by atoms with E-state index in [4.69, 9.17) is 10.5 Å². The number of ether oxygens (including phenoxy) is 1. The minimum atomic E-state index is -0.00416. The van der Waals surface area contributed by atoms with Crippen LogP contribution in [0.25, 0.3) is 0 Å². The number of rotatable bonds is 4. The number of hydrogen-bond donors (Lipinski definition) is 2. The van der Waals surface area contributed by atoms with E-state index in [0.29, 0.717) is 19.6 Å². The minimum Gasteiger partial charge on any atom is -0.491 e. The Bertz CT molecular complexity index is 434. The van der Waals surface area contributed by atoms with Crippen LogP contribution < -0.4 is 20.7 Å². The topological polar surface area (TPSA) is 67.6 Å². The van der Waals surface area contributed by atoms with Crippen molar-refractivity contribution < 1.29 is 9.53 Å². The summed E-state index contributed by atoms with van der Waals surface area (Å²) in [6.07, 6.45) is 1.34. The molecule has 1 heterocycles. The quantitative estimate of drug-likeness (QED) is 0.841. The molecule has 0 saturated carbocycles. The predicted molar refractivity (Wildman–Crippen MR) is 72.1 cm³/mol. The summed E-state index contributed by atoms with van der Waals surface area (Å²) >= 11 is 0. The number of carbonyl (C=O) groups is 1. The molecule has 1 aromatic rings. The van der Waals surface area contributed by atoms with Crippen LogP contribution in [0.3, 0.4) is 0 Å². The van der Waals surface area contributed by atoms with E-state index < -0.39 is 0 Å². The number of hydrogen-bond acceptors (Lipinski definition) is 4. The van der Waals surface area contributed by atoms with Gasteiger partial charge in [-0.15, -0.1) is 0 Å². The van der Waals surface area contributed by atoms with Crippen molar-refractivity contribution in [1.29, 1.82) is 0 Å². The second-order valence-corrected chi connectivity index (χ2v) is 4.39. The van der Waals surface area contributed by atoms with Crippen LogP contribution in [0.4, 0.5) is 11.4 Å². The third-order valence-electron chi connectivity index (χ3n) is 2.96. The number of benzene rings is 1. The molecular weight excluding hydrogens is 230 g/mol. The van der Waals surface area contributed by atoms with Crippen LogP contribution in [-0.2, 0) is 4.79 Å². The predicted octanol–water partition coefficient (Wildman–Crippen LogP) is 1.19. The van der Waals surface area contributed by atoms with E-state index in [-0.39, 0.29) is 5.91 Å². The summed E-state index contributed by atoms with van der Waals surface area (Å²) in [5.74, 6) is 0.729. The van der Waals surface area contributed by atoms with Gasteiger partial charge in [0.25, 0.3) is 0 Å². The summed E-state index contributed by atoms with van der Waals surface area (Å²) in [6, 6.07) is 5.83. The van der Waals surface area contributed by atoms with Gasteiger partial charge in [0.2, 0.25) is 5.91 Å². The Hall–Kier alpha value is -1.75. The summed E-state index contributed by atoms with van der Waals surface area (Å²) in [4.78, 5) is 13.6. The molecule has 0 unspecified atom stereocenters. The smallest absolute Gasteiger partial charge is 0.227 e. The molecule has 0 bridgehead atoms. The molecule has 0 aromatic heterocycles. The molecule has 3 N–H and O–H groups in total. The number of fused-ring (bicyclic) bond motifs is 1. The number of anilines is 2. The lowest BCUT2D eigenvalue weighted by molar-refractivity contribution is -0.116. The molecule has 2 rings (SSSR count). The highest BCUT2D eigenvalue weighted by molar-refractivity contribution is 5.93. The van der Waals surface area contributed by atoms with Crippen LogP contribution in [0, 0.1) is 0 Å². The first-order valence-electron chi connectivity index (χ1n) is 6.18. The zero-order chi connectivity index (χ0) is 13.0. The zero-order valence-corrected chi connectivity index (χ0v) is 10.6. The maximum absolute atomic E-state index is 11.5. The van der Waals surface area contributed by atoms with Crippen LogP contribution in [0.1, 0.15) is 12.8 Å². The van der Waals surface area contributed by atoms with Gasteiger partial charge in [0.1, 0.15) is 5.75 Å². The highest BCUT2D eigenvalue weighted by atomic mass is 16.5. The standard InChI is InChI=1S/C13H19N3O2/c1-16(7-2-6-14)10-3-4-12-11(9-10)15-13(17)5-8-18-12/h3-4,9H,2,5-8,14H2,1H3,(H,15,17). The van der Waals surface area contributed by atoms with E-state index in [1.807, 2.05) is 25.2 Å². The van der Waals surface area contributed by atoms with Crippen molar-refractivity contribution in [2.45, 2.75) is 12.8 Å². The maximum Gasteiger partial charge on any atom is 0.227 e. The van der Waals surface area contributed by atoms with E-state index in [9.17, 15) is 4.79 Å². The fourth-order valence-electron chi connectivity index (χ4n) is 1.90. The SMILES string of the molecule is CN(CCCN)c1ccc2c(c1)NC(=O)CCO2. The van der Waals surface area contributed by atoms with Gasteiger partial charge in [-0.2, -0.15) is 0 Å². The normalized spacial score (nSPS) is 14.2. The first-order valence-corrected chi connectivity index (χ1v) is 6.18. The fraction of sp³-hybridized carbons (Fsp3) is 0.462. The molecule has 0 aliphatic carbocycles.